The second-order valence-electron chi connectivity index (χ2n) is 9.52. The van der Waals surface area contributed by atoms with Crippen LogP contribution in [0.4, 0.5) is 52.7 Å². The zero-order chi connectivity index (χ0) is 34.5. The van der Waals surface area contributed by atoms with E-state index < -0.39 is 88.2 Å². The molecule has 0 unspecified atom stereocenters. The highest BCUT2D eigenvalue weighted by Crippen LogP contribution is 2.43. The molecule has 0 aromatic heterocycles. The average Bonchev–Trinajstić information content (AvgIpc) is 2.93. The molecule has 0 radical (unpaired) electrons. The molecule has 0 amide bonds. The summed E-state index contributed by atoms with van der Waals surface area (Å²) in [6.45, 7) is 6.94. The molecule has 0 saturated carbocycles. The van der Waals surface area contributed by atoms with Crippen molar-refractivity contribution in [2.24, 2.45) is 0 Å². The van der Waals surface area contributed by atoms with Crippen molar-refractivity contribution in [3.63, 3.8) is 0 Å². The van der Waals surface area contributed by atoms with Crippen molar-refractivity contribution in [3.05, 3.63) is 118 Å². The Bertz CT molecular complexity index is 1360. The first kappa shape index (κ1) is 40.0. The Morgan fingerprint density at radius 1 is 0.444 bits per heavy atom. The number of hydrogen-bond donors (Lipinski definition) is 0. The smallest absolute Gasteiger partial charge is 0.194 e. The average molecular weight is 949 g/mol. The van der Waals surface area contributed by atoms with E-state index in [1.54, 1.807) is 22.0 Å². The summed E-state index contributed by atoms with van der Waals surface area (Å²) in [6.07, 6.45) is 0. The lowest BCUT2D eigenvalue weighted by atomic mass is 10.3. The maximum Gasteiger partial charge on any atom is 0.194 e. The zero-order valence-electron chi connectivity index (χ0n) is 22.7. The van der Waals surface area contributed by atoms with E-state index in [2.05, 4.69) is 41.4 Å². The van der Waals surface area contributed by atoms with Crippen LogP contribution in [-0.4, -0.2) is 5.57 Å². The molecule has 4 rings (SSSR count). The lowest BCUT2D eigenvalue weighted by Crippen LogP contribution is -2.13. The minimum Gasteiger partial charge on any atom is -0.204 e. The second kappa shape index (κ2) is 16.8. The topological polar surface area (TPSA) is 0 Å². The van der Waals surface area contributed by atoms with E-state index in [1.165, 1.54) is 0 Å². The first-order valence-electron chi connectivity index (χ1n) is 11.8. The van der Waals surface area contributed by atoms with Crippen LogP contribution < -0.4 is 21.2 Å². The minimum atomic E-state index is -2.08. The van der Waals surface area contributed by atoms with Gasteiger partial charge in [0.1, 0.15) is 5.57 Å². The fraction of sp³-hybridized carbons (Fsp3) is 0.111. The molecule has 0 spiro atoms. The van der Waals surface area contributed by atoms with E-state index >= 15 is 0 Å². The van der Waals surface area contributed by atoms with Crippen LogP contribution >= 0.6 is 67.9 Å². The third kappa shape index (κ3) is 11.5. The summed E-state index contributed by atoms with van der Waals surface area (Å²) >= 11 is 10.1. The SMILES string of the molecule is C[Si](C)(C)I.Fc1cc(P(Cl)c2cc(F)c(F)c(F)c2)cc(F)c1F.Fc1cc(P(I)c2cc(F)c(F)c(F)c2)cc(F)c1F. The number of benzene rings is 4. The molecule has 0 N–H and O–H groups in total. The Labute approximate surface area is 283 Å². The summed E-state index contributed by atoms with van der Waals surface area (Å²) in [7, 11) is -2.08. The van der Waals surface area contributed by atoms with Crippen molar-refractivity contribution in [2.75, 3.05) is 0 Å². The molecule has 0 saturated heterocycles. The first-order valence-corrected chi connectivity index (χ1v) is 24.8. The normalized spacial score (nSPS) is 11.3. The Balaban J connectivity index is 0.000000273. The molecule has 0 fully saturated rings. The van der Waals surface area contributed by atoms with Gasteiger partial charge in [0.15, 0.2) is 69.8 Å². The summed E-state index contributed by atoms with van der Waals surface area (Å²) in [6, 6.07) is 5.47. The van der Waals surface area contributed by atoms with Crippen LogP contribution in [0.15, 0.2) is 48.5 Å². The maximum absolute atomic E-state index is 13.1. The summed E-state index contributed by atoms with van der Waals surface area (Å²) in [5.41, 5.74) is -2.22. The molecule has 244 valence electrons. The van der Waals surface area contributed by atoms with Crippen molar-refractivity contribution in [3.8, 4) is 0 Å². The molecule has 4 aromatic carbocycles. The molecule has 0 aliphatic rings. The molecule has 0 atom stereocenters. The summed E-state index contributed by atoms with van der Waals surface area (Å²) < 4.78 is 156. The van der Waals surface area contributed by atoms with Crippen molar-refractivity contribution in [1.29, 1.82) is 0 Å². The van der Waals surface area contributed by atoms with Gasteiger partial charge in [0, 0.05) is 16.2 Å². The lowest BCUT2D eigenvalue weighted by Gasteiger charge is -2.12. The highest BCUT2D eigenvalue weighted by Gasteiger charge is 2.22. The first-order chi connectivity index (χ1) is 20.6. The largest absolute Gasteiger partial charge is 0.204 e. The van der Waals surface area contributed by atoms with E-state index in [-0.39, 0.29) is 21.2 Å². The van der Waals surface area contributed by atoms with Crippen molar-refractivity contribution in [2.45, 2.75) is 19.6 Å². The van der Waals surface area contributed by atoms with Gasteiger partial charge < -0.3 is 0 Å². The highest BCUT2D eigenvalue weighted by molar-refractivity contribution is 14.2. The molecule has 45 heavy (non-hydrogen) atoms. The predicted octanol–water partition coefficient (Wildman–Crippen LogP) is 10.7. The predicted molar refractivity (Wildman–Crippen MR) is 175 cm³/mol. The summed E-state index contributed by atoms with van der Waals surface area (Å²) in [5.74, 6) is -18.1. The van der Waals surface area contributed by atoms with Crippen molar-refractivity contribution >= 4 is 94.7 Å². The Hall–Kier alpha value is -1.13. The molecule has 0 aliphatic heterocycles. The molecular formula is C27H17ClF12I2P2Si. The van der Waals surface area contributed by atoms with E-state index in [4.69, 9.17) is 11.2 Å². The standard InChI is InChI=1S/C12H4ClF6P.C12H4F6IP.C3H9ISi/c13-20(5-1-7(14)11(18)8(15)2-5)6-3-9(16)12(19)10(17)4-6;13-7-1-5(2-8(14)11(7)17)20(19)6-3-9(15)12(18)10(16)4-6;1-5(2,3)4/h2*1-4H;1-3H3. The Morgan fingerprint density at radius 2 is 0.600 bits per heavy atom. The van der Waals surface area contributed by atoms with Crippen LogP contribution in [0, 0.1) is 69.8 Å². The van der Waals surface area contributed by atoms with Gasteiger partial charge in [-0.05, 0) is 81.2 Å². The van der Waals surface area contributed by atoms with Gasteiger partial charge in [0.05, 0.1) is 7.27 Å². The molecule has 18 heteroatoms. The third-order valence-corrected chi connectivity index (χ3v) is 12.1. The Morgan fingerprint density at radius 3 is 0.778 bits per heavy atom. The van der Waals surface area contributed by atoms with Gasteiger partial charge in [-0.3, -0.25) is 0 Å². The van der Waals surface area contributed by atoms with Crippen LogP contribution in [0.2, 0.25) is 19.6 Å². The van der Waals surface area contributed by atoms with E-state index in [9.17, 15) is 52.7 Å². The van der Waals surface area contributed by atoms with Crippen molar-refractivity contribution in [1.82, 2.24) is 0 Å². The van der Waals surface area contributed by atoms with Crippen LogP contribution in [0.25, 0.3) is 0 Å². The fourth-order valence-electron chi connectivity index (χ4n) is 2.92. The molecule has 4 aromatic rings. The van der Waals surface area contributed by atoms with Gasteiger partial charge in [-0.1, -0.05) is 30.9 Å². The van der Waals surface area contributed by atoms with E-state index in [0.717, 1.165) is 24.3 Å². The van der Waals surface area contributed by atoms with Crippen molar-refractivity contribution < 1.29 is 52.7 Å². The van der Waals surface area contributed by atoms with Crippen LogP contribution in [0.3, 0.4) is 0 Å². The maximum atomic E-state index is 13.1. The van der Waals surface area contributed by atoms with Gasteiger partial charge in [-0.25, -0.2) is 52.7 Å². The Kier molecular flexibility index (Phi) is 15.0. The monoisotopic (exact) mass is 948 g/mol. The van der Waals surface area contributed by atoms with Crippen LogP contribution in [-0.2, 0) is 0 Å². The molecule has 0 bridgehead atoms. The van der Waals surface area contributed by atoms with E-state index in [1.807, 2.05) is 0 Å². The van der Waals surface area contributed by atoms with Crippen LogP contribution in [0.5, 0.6) is 0 Å². The molecule has 0 heterocycles. The van der Waals surface area contributed by atoms with Crippen LogP contribution in [0.1, 0.15) is 0 Å². The fourth-order valence-corrected chi connectivity index (χ4v) is 7.59. The van der Waals surface area contributed by atoms with Gasteiger partial charge in [0.2, 0.25) is 0 Å². The summed E-state index contributed by atoms with van der Waals surface area (Å²) in [4.78, 5) is 0. The van der Waals surface area contributed by atoms with Gasteiger partial charge in [0.25, 0.3) is 0 Å². The lowest BCUT2D eigenvalue weighted by molar-refractivity contribution is 0.448. The number of hydrogen-bond acceptors (Lipinski definition) is 0. The number of halogens is 15. The minimum absolute atomic E-state index is 0.0300. The third-order valence-electron chi connectivity index (χ3n) is 4.78. The number of rotatable bonds is 4. The zero-order valence-corrected chi connectivity index (χ0v) is 30.5. The summed E-state index contributed by atoms with van der Waals surface area (Å²) in [5, 5.41) is -0.322. The van der Waals surface area contributed by atoms with E-state index in [0.29, 0.717) is 24.3 Å². The quantitative estimate of drug-likeness (QED) is 0.0478. The molecule has 0 aliphatic carbocycles. The highest BCUT2D eigenvalue weighted by atomic mass is 127. The van der Waals surface area contributed by atoms with Gasteiger partial charge in [-0.2, -0.15) is 0 Å². The van der Waals surface area contributed by atoms with Gasteiger partial charge >= 0.3 is 0 Å². The van der Waals surface area contributed by atoms with Gasteiger partial charge in [-0.15, -0.1) is 21.8 Å². The molecular weight excluding hydrogens is 932 g/mol. The molecule has 0 nitrogen and oxygen atoms in total. The second-order valence-corrected chi connectivity index (χ2v) is 30.5.